The third-order valence-corrected chi connectivity index (χ3v) is 3.82. The molecule has 0 bridgehead atoms. The maximum absolute atomic E-state index is 13.1. The molecule has 122 valence electrons. The summed E-state index contributed by atoms with van der Waals surface area (Å²) in [6, 6.07) is -0.854. The molecule has 3 N–H and O–H groups in total. The molecule has 2 amide bonds. The second-order valence-electron chi connectivity index (χ2n) is 5.71. The van der Waals surface area contributed by atoms with Crippen LogP contribution in [0.4, 0.5) is 13.6 Å². The molecule has 0 aliphatic carbocycles. The Hall–Kier alpha value is -0.990. The first-order valence-corrected chi connectivity index (χ1v) is 7.35. The summed E-state index contributed by atoms with van der Waals surface area (Å²) >= 11 is 0. The van der Waals surface area contributed by atoms with Crippen molar-refractivity contribution < 1.29 is 23.4 Å². The van der Waals surface area contributed by atoms with Gasteiger partial charge in [-0.1, -0.05) is 6.92 Å². The van der Waals surface area contributed by atoms with Crippen molar-refractivity contribution in [2.45, 2.75) is 43.9 Å². The van der Waals surface area contributed by atoms with E-state index in [1.165, 1.54) is 0 Å². The van der Waals surface area contributed by atoms with Crippen LogP contribution in [-0.2, 0) is 4.74 Å². The van der Waals surface area contributed by atoms with Gasteiger partial charge < -0.3 is 20.5 Å². The van der Waals surface area contributed by atoms with Crippen LogP contribution in [0.3, 0.4) is 0 Å². The van der Waals surface area contributed by atoms with Gasteiger partial charge in [0.15, 0.2) is 0 Å². The quantitative estimate of drug-likeness (QED) is 0.677. The highest BCUT2D eigenvalue weighted by Crippen LogP contribution is 2.28. The molecule has 2 aliphatic rings. The minimum Gasteiger partial charge on any atom is -0.388 e. The van der Waals surface area contributed by atoms with E-state index in [0.717, 1.165) is 6.42 Å². The maximum atomic E-state index is 13.1. The Labute approximate surface area is 122 Å². The zero-order chi connectivity index (χ0) is 15.5. The third kappa shape index (κ3) is 4.49. The van der Waals surface area contributed by atoms with Crippen LogP contribution >= 0.6 is 0 Å². The predicted molar refractivity (Wildman–Crippen MR) is 72.4 cm³/mol. The van der Waals surface area contributed by atoms with Gasteiger partial charge >= 0.3 is 6.03 Å². The van der Waals surface area contributed by atoms with E-state index in [-0.39, 0.29) is 32.1 Å². The molecular weight excluding hydrogens is 284 g/mol. The second kappa shape index (κ2) is 6.85. The van der Waals surface area contributed by atoms with Crippen LogP contribution in [0.15, 0.2) is 0 Å². The number of hydrogen-bond acceptors (Lipinski definition) is 4. The fourth-order valence-corrected chi connectivity index (χ4v) is 2.65. The Bertz CT molecular complexity index is 371. The number of hydrogen-bond donors (Lipinski definition) is 3. The SMILES string of the molecule is CCCNC(=O)N[C@H]1CO[C@@H](CN2CCC(F)(F)C2)[C@@H]1O. The molecule has 3 atom stereocenters. The van der Waals surface area contributed by atoms with Crippen molar-refractivity contribution in [3.8, 4) is 0 Å². The van der Waals surface area contributed by atoms with Crippen molar-refractivity contribution >= 4 is 6.03 Å². The molecule has 8 heteroatoms. The van der Waals surface area contributed by atoms with Crippen LogP contribution in [0, 0.1) is 0 Å². The van der Waals surface area contributed by atoms with Crippen LogP contribution in [0.5, 0.6) is 0 Å². The average molecular weight is 307 g/mol. The van der Waals surface area contributed by atoms with Crippen molar-refractivity contribution in [1.82, 2.24) is 15.5 Å². The number of carbonyl (C=O) groups is 1. The van der Waals surface area contributed by atoms with Gasteiger partial charge in [-0.05, 0) is 6.42 Å². The van der Waals surface area contributed by atoms with Gasteiger partial charge in [-0.15, -0.1) is 0 Å². The highest BCUT2D eigenvalue weighted by Gasteiger charge is 2.42. The maximum Gasteiger partial charge on any atom is 0.315 e. The summed E-state index contributed by atoms with van der Waals surface area (Å²) in [5, 5.41) is 15.4. The highest BCUT2D eigenvalue weighted by atomic mass is 19.3. The Morgan fingerprint density at radius 1 is 1.52 bits per heavy atom. The number of urea groups is 1. The molecule has 6 nitrogen and oxygen atoms in total. The number of aliphatic hydroxyl groups is 1. The van der Waals surface area contributed by atoms with Gasteiger partial charge in [0.25, 0.3) is 5.92 Å². The van der Waals surface area contributed by atoms with E-state index in [0.29, 0.717) is 13.1 Å². The Balaban J connectivity index is 1.76. The van der Waals surface area contributed by atoms with Gasteiger partial charge in [-0.25, -0.2) is 13.6 Å². The molecule has 0 unspecified atom stereocenters. The smallest absolute Gasteiger partial charge is 0.315 e. The lowest BCUT2D eigenvalue weighted by Gasteiger charge is -2.23. The minimum atomic E-state index is -2.65. The van der Waals surface area contributed by atoms with Gasteiger partial charge in [0, 0.05) is 26.1 Å². The predicted octanol–water partition coefficient (Wildman–Crippen LogP) is 0.165. The van der Waals surface area contributed by atoms with Crippen LogP contribution in [-0.4, -0.2) is 73.0 Å². The standard InChI is InChI=1S/C13H23F2N3O3/c1-2-4-16-12(20)17-9-7-21-10(11(9)19)6-18-5-3-13(14,15)8-18/h9-11,19H,2-8H2,1H3,(H2,16,17,20)/t9-,10-,11+/m0/s1. The summed E-state index contributed by atoms with van der Waals surface area (Å²) in [7, 11) is 0. The Morgan fingerprint density at radius 3 is 2.90 bits per heavy atom. The average Bonchev–Trinajstić information content (AvgIpc) is 2.93. The monoisotopic (exact) mass is 307 g/mol. The van der Waals surface area contributed by atoms with Crippen molar-refractivity contribution in [3.63, 3.8) is 0 Å². The molecule has 0 aromatic carbocycles. The van der Waals surface area contributed by atoms with Gasteiger partial charge in [-0.3, -0.25) is 4.90 Å². The largest absolute Gasteiger partial charge is 0.388 e. The molecule has 0 saturated carbocycles. The van der Waals surface area contributed by atoms with Crippen LogP contribution < -0.4 is 10.6 Å². The topological polar surface area (TPSA) is 73.8 Å². The zero-order valence-corrected chi connectivity index (χ0v) is 12.1. The van der Waals surface area contributed by atoms with E-state index in [4.69, 9.17) is 4.74 Å². The number of likely N-dealkylation sites (tertiary alicyclic amines) is 1. The first-order valence-electron chi connectivity index (χ1n) is 7.35. The van der Waals surface area contributed by atoms with Gasteiger partial charge in [-0.2, -0.15) is 0 Å². The summed E-state index contributed by atoms with van der Waals surface area (Å²) in [4.78, 5) is 13.1. The van der Waals surface area contributed by atoms with E-state index in [1.54, 1.807) is 4.90 Å². The summed E-state index contributed by atoms with van der Waals surface area (Å²) in [6.45, 7) is 2.95. The molecule has 2 heterocycles. The first-order chi connectivity index (χ1) is 9.91. The number of rotatable bonds is 5. The van der Waals surface area contributed by atoms with E-state index in [2.05, 4.69) is 10.6 Å². The lowest BCUT2D eigenvalue weighted by molar-refractivity contribution is -0.00728. The molecule has 0 radical (unpaired) electrons. The molecule has 0 aromatic heterocycles. The number of ether oxygens (including phenoxy) is 1. The molecule has 0 spiro atoms. The van der Waals surface area contributed by atoms with E-state index < -0.39 is 24.2 Å². The molecule has 2 saturated heterocycles. The van der Waals surface area contributed by atoms with Crippen molar-refractivity contribution in [3.05, 3.63) is 0 Å². The summed E-state index contributed by atoms with van der Waals surface area (Å²) in [6.07, 6.45) is -0.762. The number of nitrogens with one attached hydrogen (secondary N) is 2. The van der Waals surface area contributed by atoms with Crippen molar-refractivity contribution in [2.75, 3.05) is 32.8 Å². The Morgan fingerprint density at radius 2 is 2.29 bits per heavy atom. The van der Waals surface area contributed by atoms with Crippen molar-refractivity contribution in [2.24, 2.45) is 0 Å². The fourth-order valence-electron chi connectivity index (χ4n) is 2.65. The number of alkyl halides is 2. The van der Waals surface area contributed by atoms with Crippen LogP contribution in [0.1, 0.15) is 19.8 Å². The van der Waals surface area contributed by atoms with Gasteiger partial charge in [0.05, 0.1) is 25.3 Å². The zero-order valence-electron chi connectivity index (χ0n) is 12.1. The third-order valence-electron chi connectivity index (χ3n) is 3.82. The minimum absolute atomic E-state index is 0.156. The molecule has 2 fully saturated rings. The number of aliphatic hydroxyl groups excluding tert-OH is 1. The van der Waals surface area contributed by atoms with Crippen molar-refractivity contribution in [1.29, 1.82) is 0 Å². The normalized spacial score (nSPS) is 32.3. The van der Waals surface area contributed by atoms with Gasteiger partial charge in [0.2, 0.25) is 0 Å². The Kier molecular flexibility index (Phi) is 5.34. The number of amides is 2. The van der Waals surface area contributed by atoms with E-state index in [9.17, 15) is 18.7 Å². The molecule has 2 rings (SSSR count). The molecular formula is C13H23F2N3O3. The second-order valence-corrected chi connectivity index (χ2v) is 5.71. The number of nitrogens with zero attached hydrogens (tertiary/aromatic N) is 1. The van der Waals surface area contributed by atoms with Gasteiger partial charge in [0.1, 0.15) is 6.10 Å². The lowest BCUT2D eigenvalue weighted by Crippen LogP contribution is -2.49. The van der Waals surface area contributed by atoms with E-state index >= 15 is 0 Å². The molecule has 0 aromatic rings. The lowest BCUT2D eigenvalue weighted by atomic mass is 10.1. The highest BCUT2D eigenvalue weighted by molar-refractivity contribution is 5.74. The summed E-state index contributed by atoms with van der Waals surface area (Å²) in [5.74, 6) is -2.65. The van der Waals surface area contributed by atoms with E-state index in [1.807, 2.05) is 6.92 Å². The fraction of sp³-hybridized carbons (Fsp3) is 0.923. The van der Waals surface area contributed by atoms with Crippen LogP contribution in [0.25, 0.3) is 0 Å². The summed E-state index contributed by atoms with van der Waals surface area (Å²) < 4.78 is 31.7. The van der Waals surface area contributed by atoms with Crippen LogP contribution in [0.2, 0.25) is 0 Å². The summed E-state index contributed by atoms with van der Waals surface area (Å²) in [5.41, 5.74) is 0. The molecule has 2 aliphatic heterocycles. The first kappa shape index (κ1) is 16.4. The number of halogens is 2. The number of carbonyl (C=O) groups excluding carboxylic acids is 1. The molecule has 21 heavy (non-hydrogen) atoms.